The molecule has 4 nitrogen and oxygen atoms in total. The number of furan rings is 1. The van der Waals surface area contributed by atoms with Crippen LogP contribution in [0.4, 0.5) is 0 Å². The van der Waals surface area contributed by atoms with Crippen molar-refractivity contribution in [2.24, 2.45) is 0 Å². The van der Waals surface area contributed by atoms with Crippen LogP contribution in [0.3, 0.4) is 0 Å². The molecule has 0 aromatic carbocycles. The summed E-state index contributed by atoms with van der Waals surface area (Å²) in [4.78, 5) is 23.2. The van der Waals surface area contributed by atoms with Crippen molar-refractivity contribution >= 4 is 41.4 Å². The normalized spacial score (nSPS) is 15.7. The molecule has 100 valence electrons. The average Bonchev–Trinajstić information content (AvgIpc) is 2.90. The zero-order chi connectivity index (χ0) is 13.7. The average molecular weight is 296 g/mol. The predicted octanol–water partition coefficient (Wildman–Crippen LogP) is 3.03. The highest BCUT2D eigenvalue weighted by Gasteiger charge is 2.23. The fraction of sp³-hybridized carbons (Fsp3) is 0.231. The molecule has 1 N–H and O–H groups in total. The largest absolute Gasteiger partial charge is 0.477 e. The van der Waals surface area contributed by atoms with Gasteiger partial charge in [0.2, 0.25) is 0 Å². The Balaban J connectivity index is 2.19. The number of thioether (sulfide) groups is 2. The third-order valence-electron chi connectivity index (χ3n) is 2.36. The van der Waals surface area contributed by atoms with Crippen molar-refractivity contribution in [1.82, 2.24) is 0 Å². The minimum Gasteiger partial charge on any atom is -0.477 e. The molecular formula is C13H12O4S2. The monoisotopic (exact) mass is 296 g/mol. The summed E-state index contributed by atoms with van der Waals surface area (Å²) in [7, 11) is 0. The molecule has 19 heavy (non-hydrogen) atoms. The van der Waals surface area contributed by atoms with Crippen LogP contribution in [-0.4, -0.2) is 28.4 Å². The van der Waals surface area contributed by atoms with E-state index in [-0.39, 0.29) is 5.57 Å². The molecule has 2 heterocycles. The number of ketones is 1. The van der Waals surface area contributed by atoms with E-state index in [0.717, 1.165) is 17.9 Å². The van der Waals surface area contributed by atoms with Crippen molar-refractivity contribution in [3.05, 3.63) is 40.0 Å². The van der Waals surface area contributed by atoms with Crippen LogP contribution >= 0.6 is 23.5 Å². The van der Waals surface area contributed by atoms with Gasteiger partial charge in [0, 0.05) is 0 Å². The van der Waals surface area contributed by atoms with Crippen LogP contribution in [0, 0.1) is 0 Å². The van der Waals surface area contributed by atoms with Gasteiger partial charge in [0.1, 0.15) is 11.3 Å². The molecule has 0 amide bonds. The number of hydrogen-bond acceptors (Lipinski definition) is 5. The Labute approximate surface area is 118 Å². The van der Waals surface area contributed by atoms with E-state index in [2.05, 4.69) is 0 Å². The van der Waals surface area contributed by atoms with Gasteiger partial charge in [-0.1, -0.05) is 0 Å². The van der Waals surface area contributed by atoms with Crippen molar-refractivity contribution in [3.63, 3.8) is 0 Å². The van der Waals surface area contributed by atoms with E-state index in [9.17, 15) is 14.7 Å². The minimum absolute atomic E-state index is 0.141. The highest BCUT2D eigenvalue weighted by molar-refractivity contribution is 8.22. The van der Waals surface area contributed by atoms with Crippen LogP contribution in [-0.2, 0) is 9.59 Å². The SMILES string of the molecule is O=C(O)C(C(=O)C=Cc1ccco1)=C1SCCCS1. The summed E-state index contributed by atoms with van der Waals surface area (Å²) in [5.41, 5.74) is -0.141. The van der Waals surface area contributed by atoms with Crippen molar-refractivity contribution < 1.29 is 19.1 Å². The van der Waals surface area contributed by atoms with Gasteiger partial charge in [0.25, 0.3) is 0 Å². The Hall–Kier alpha value is -1.40. The number of carboxylic acid groups (broad SMARTS) is 1. The number of rotatable bonds is 4. The topological polar surface area (TPSA) is 67.5 Å². The van der Waals surface area contributed by atoms with Crippen LogP contribution in [0.1, 0.15) is 12.2 Å². The summed E-state index contributed by atoms with van der Waals surface area (Å²) in [5.74, 6) is 0.557. The fourth-order valence-electron chi connectivity index (χ4n) is 1.50. The van der Waals surface area contributed by atoms with E-state index < -0.39 is 11.8 Å². The maximum Gasteiger partial charge on any atom is 0.341 e. The second-order valence-electron chi connectivity index (χ2n) is 3.73. The van der Waals surface area contributed by atoms with Crippen molar-refractivity contribution in [2.75, 3.05) is 11.5 Å². The van der Waals surface area contributed by atoms with E-state index >= 15 is 0 Å². The molecule has 0 spiro atoms. The van der Waals surface area contributed by atoms with Gasteiger partial charge in [-0.3, -0.25) is 4.79 Å². The molecule has 1 aromatic heterocycles. The van der Waals surface area contributed by atoms with Gasteiger partial charge < -0.3 is 9.52 Å². The Kier molecular flexibility index (Phi) is 4.93. The number of aliphatic carboxylic acids is 1. The quantitative estimate of drug-likeness (QED) is 0.523. The zero-order valence-corrected chi connectivity index (χ0v) is 11.6. The Bertz CT molecular complexity index is 521. The first kappa shape index (κ1) is 14.0. The van der Waals surface area contributed by atoms with Gasteiger partial charge >= 0.3 is 5.97 Å². The lowest BCUT2D eigenvalue weighted by atomic mass is 10.2. The summed E-state index contributed by atoms with van der Waals surface area (Å²) >= 11 is 2.87. The molecule has 0 atom stereocenters. The van der Waals surface area contributed by atoms with Crippen LogP contribution in [0.25, 0.3) is 6.08 Å². The Morgan fingerprint density at radius 3 is 2.63 bits per heavy atom. The van der Waals surface area contributed by atoms with E-state index in [0.29, 0.717) is 10.00 Å². The highest BCUT2D eigenvalue weighted by Crippen LogP contribution is 2.37. The first-order valence-electron chi connectivity index (χ1n) is 5.67. The van der Waals surface area contributed by atoms with E-state index in [4.69, 9.17) is 4.42 Å². The standard InChI is InChI=1S/C13H12O4S2/c14-10(5-4-9-3-1-6-17-9)11(12(15)16)13-18-7-2-8-19-13/h1,3-6H,2,7-8H2,(H,15,16). The number of allylic oxidation sites excluding steroid dienone is 1. The molecule has 1 fully saturated rings. The maximum atomic E-state index is 12.0. The predicted molar refractivity (Wildman–Crippen MR) is 76.9 cm³/mol. The van der Waals surface area contributed by atoms with E-state index in [1.54, 1.807) is 12.1 Å². The van der Waals surface area contributed by atoms with Gasteiger partial charge in [-0.15, -0.1) is 23.5 Å². The number of hydrogen-bond donors (Lipinski definition) is 1. The lowest BCUT2D eigenvalue weighted by Gasteiger charge is -2.14. The summed E-state index contributed by atoms with van der Waals surface area (Å²) in [6, 6.07) is 3.40. The molecule has 6 heteroatoms. The third kappa shape index (κ3) is 3.78. The molecule has 0 aliphatic carbocycles. The Morgan fingerprint density at radius 2 is 2.05 bits per heavy atom. The van der Waals surface area contributed by atoms with Crippen molar-refractivity contribution in [3.8, 4) is 0 Å². The fourth-order valence-corrected chi connectivity index (χ4v) is 4.12. The lowest BCUT2D eigenvalue weighted by molar-refractivity contribution is -0.134. The molecular weight excluding hydrogens is 284 g/mol. The molecule has 0 radical (unpaired) electrons. The van der Waals surface area contributed by atoms with Gasteiger partial charge in [-0.05, 0) is 42.2 Å². The van der Waals surface area contributed by atoms with Crippen molar-refractivity contribution in [2.45, 2.75) is 6.42 Å². The van der Waals surface area contributed by atoms with Crippen LogP contribution in [0.5, 0.6) is 0 Å². The first-order valence-corrected chi connectivity index (χ1v) is 7.64. The minimum atomic E-state index is -1.18. The Morgan fingerprint density at radius 1 is 1.32 bits per heavy atom. The number of carbonyl (C=O) groups excluding carboxylic acids is 1. The van der Waals surface area contributed by atoms with Crippen LogP contribution < -0.4 is 0 Å². The van der Waals surface area contributed by atoms with Crippen LogP contribution in [0.2, 0.25) is 0 Å². The molecule has 1 aromatic rings. The number of carbonyl (C=O) groups is 2. The summed E-state index contributed by atoms with van der Waals surface area (Å²) in [5, 5.41) is 9.19. The molecule has 0 bridgehead atoms. The van der Waals surface area contributed by atoms with Crippen molar-refractivity contribution in [1.29, 1.82) is 0 Å². The molecule has 0 saturated carbocycles. The zero-order valence-electron chi connectivity index (χ0n) is 10.00. The third-order valence-corrected chi connectivity index (χ3v) is 4.99. The summed E-state index contributed by atoms with van der Waals surface area (Å²) in [6.07, 6.45) is 5.24. The maximum absolute atomic E-state index is 12.0. The van der Waals surface area contributed by atoms with Gasteiger partial charge in [-0.2, -0.15) is 0 Å². The second-order valence-corrected chi connectivity index (χ2v) is 6.20. The highest BCUT2D eigenvalue weighted by atomic mass is 32.2. The molecule has 1 aliphatic rings. The van der Waals surface area contributed by atoms with Gasteiger partial charge in [0.15, 0.2) is 5.78 Å². The van der Waals surface area contributed by atoms with Gasteiger partial charge in [0.05, 0.1) is 10.5 Å². The van der Waals surface area contributed by atoms with E-state index in [1.807, 2.05) is 0 Å². The van der Waals surface area contributed by atoms with Crippen LogP contribution in [0.15, 0.2) is 38.7 Å². The lowest BCUT2D eigenvalue weighted by Crippen LogP contribution is -2.13. The molecule has 2 rings (SSSR count). The smallest absolute Gasteiger partial charge is 0.341 e. The summed E-state index contributed by atoms with van der Waals surface area (Å²) in [6.45, 7) is 0. The number of carboxylic acids is 1. The first-order chi connectivity index (χ1) is 9.18. The molecule has 1 saturated heterocycles. The summed E-state index contributed by atoms with van der Waals surface area (Å²) < 4.78 is 5.66. The molecule has 1 aliphatic heterocycles. The second kappa shape index (κ2) is 6.68. The van der Waals surface area contributed by atoms with Gasteiger partial charge in [-0.25, -0.2) is 4.79 Å². The molecule has 0 unspecified atom stereocenters. The van der Waals surface area contributed by atoms with E-state index in [1.165, 1.54) is 41.9 Å².